The molecule has 0 bridgehead atoms. The van der Waals surface area contributed by atoms with Crippen molar-refractivity contribution < 1.29 is 5.11 Å². The topological polar surface area (TPSA) is 50.1 Å². The molecule has 0 aliphatic heterocycles. The van der Waals surface area contributed by atoms with Crippen molar-refractivity contribution in [2.75, 3.05) is 5.09 Å². The molecule has 0 radical (unpaired) electrons. The average molecular weight is 271 g/mol. The van der Waals surface area contributed by atoms with Crippen molar-refractivity contribution in [1.29, 1.82) is 0 Å². The fourth-order valence-corrected chi connectivity index (χ4v) is 2.46. The maximum atomic E-state index is 10.1. The van der Waals surface area contributed by atoms with E-state index in [-0.39, 0.29) is 5.75 Å². The smallest absolute Gasteiger partial charge is 0.144 e. The Morgan fingerprint density at radius 2 is 2.00 bits per heavy atom. The Bertz CT molecular complexity index is 709. The summed E-state index contributed by atoms with van der Waals surface area (Å²) in [5, 5.41) is 13.7. The van der Waals surface area contributed by atoms with E-state index >= 15 is 0 Å². The summed E-state index contributed by atoms with van der Waals surface area (Å²) >= 11 is 0. The van der Waals surface area contributed by atoms with E-state index < -0.39 is 0 Å². The van der Waals surface area contributed by atoms with Crippen molar-refractivity contribution in [3.8, 4) is 5.75 Å². The van der Waals surface area contributed by atoms with Crippen LogP contribution in [0.5, 0.6) is 5.75 Å². The van der Waals surface area contributed by atoms with Crippen molar-refractivity contribution >= 4 is 26.1 Å². The van der Waals surface area contributed by atoms with E-state index in [4.69, 9.17) is 0 Å². The molecular weight excluding hydrogens is 257 g/mol. The molecule has 1 atom stereocenters. The van der Waals surface area contributed by atoms with Crippen LogP contribution < -0.4 is 5.09 Å². The first kappa shape index (κ1) is 12.0. The first-order chi connectivity index (χ1) is 9.29. The highest BCUT2D eigenvalue weighted by Crippen LogP contribution is 2.32. The third-order valence-electron chi connectivity index (χ3n) is 3.11. The molecule has 0 saturated carbocycles. The third kappa shape index (κ3) is 2.15. The molecule has 96 valence electrons. The number of aromatic hydroxyl groups is 1. The molecule has 3 rings (SSSR count). The number of benzene rings is 1. The van der Waals surface area contributed by atoms with Crippen molar-refractivity contribution in [2.45, 2.75) is 6.54 Å². The molecule has 1 aromatic carbocycles. The first-order valence-corrected chi connectivity index (χ1v) is 6.54. The molecule has 0 aliphatic carbocycles. The van der Waals surface area contributed by atoms with Crippen molar-refractivity contribution in [1.82, 2.24) is 9.55 Å². The number of fused-ring (bicyclic) bond motifs is 1. The summed E-state index contributed by atoms with van der Waals surface area (Å²) in [4.78, 5) is 4.20. The van der Waals surface area contributed by atoms with E-state index in [1.165, 1.54) is 5.56 Å². The normalized spacial score (nSPS) is 10.8. The number of hydrogen-bond acceptors (Lipinski definition) is 3. The fourth-order valence-electron chi connectivity index (χ4n) is 2.25. The largest absolute Gasteiger partial charge is 0.506 e. The molecule has 5 heteroatoms. The molecule has 0 spiro atoms. The van der Waals surface area contributed by atoms with Gasteiger partial charge in [0.2, 0.25) is 0 Å². The molecule has 0 aliphatic rings. The Balaban J connectivity index is 2.10. The third-order valence-corrected chi connectivity index (χ3v) is 3.38. The molecular formula is C14H14N3OP. The summed E-state index contributed by atoms with van der Waals surface area (Å²) in [5.41, 5.74) is 2.15. The van der Waals surface area contributed by atoms with E-state index in [9.17, 15) is 5.11 Å². The van der Waals surface area contributed by atoms with Gasteiger partial charge in [-0.25, -0.2) is 4.98 Å². The molecule has 19 heavy (non-hydrogen) atoms. The second-order valence-corrected chi connectivity index (χ2v) is 4.61. The number of aromatic nitrogens is 2. The molecule has 2 aromatic heterocycles. The van der Waals surface area contributed by atoms with Gasteiger partial charge in [0.15, 0.2) is 0 Å². The van der Waals surface area contributed by atoms with Gasteiger partial charge in [0.1, 0.15) is 11.6 Å². The van der Waals surface area contributed by atoms with Gasteiger partial charge in [0, 0.05) is 18.9 Å². The first-order valence-electron chi connectivity index (χ1n) is 5.97. The zero-order valence-electron chi connectivity index (χ0n) is 10.2. The number of pyridine rings is 1. The van der Waals surface area contributed by atoms with Crippen LogP contribution >= 0.6 is 9.39 Å². The highest BCUT2D eigenvalue weighted by molar-refractivity contribution is 7.18. The molecule has 1 unspecified atom stereocenters. The highest BCUT2D eigenvalue weighted by Gasteiger charge is 2.12. The lowest BCUT2D eigenvalue weighted by Crippen LogP contribution is -1.97. The van der Waals surface area contributed by atoms with Gasteiger partial charge >= 0.3 is 0 Å². The van der Waals surface area contributed by atoms with E-state index in [1.54, 1.807) is 12.4 Å². The summed E-state index contributed by atoms with van der Waals surface area (Å²) in [6, 6.07) is 12.1. The number of nitrogens with one attached hydrogen (secondary N) is 1. The minimum atomic E-state index is 0.240. The zero-order valence-corrected chi connectivity index (χ0v) is 11.4. The minimum Gasteiger partial charge on any atom is -0.506 e. The summed E-state index contributed by atoms with van der Waals surface area (Å²) in [6.45, 7) is 0.720. The Labute approximate surface area is 113 Å². The fraction of sp³-hybridized carbons (Fsp3) is 0.0714. The van der Waals surface area contributed by atoms with Gasteiger partial charge in [-0.3, -0.25) is 0 Å². The predicted molar refractivity (Wildman–Crippen MR) is 80.3 cm³/mol. The summed E-state index contributed by atoms with van der Waals surface area (Å²) in [5.74, 6) is 0.899. The van der Waals surface area contributed by atoms with E-state index in [0.717, 1.165) is 17.4 Å². The maximum Gasteiger partial charge on any atom is 0.144 e. The van der Waals surface area contributed by atoms with Crippen LogP contribution in [0.4, 0.5) is 5.82 Å². The zero-order chi connectivity index (χ0) is 13.2. The Morgan fingerprint density at radius 1 is 1.21 bits per heavy atom. The van der Waals surface area contributed by atoms with Crippen molar-refractivity contribution in [3.05, 3.63) is 54.4 Å². The van der Waals surface area contributed by atoms with Gasteiger partial charge in [0.05, 0.1) is 10.9 Å². The summed E-state index contributed by atoms with van der Waals surface area (Å²) in [6.07, 6.45) is 3.47. The van der Waals surface area contributed by atoms with Crippen LogP contribution in [0.1, 0.15) is 5.56 Å². The summed E-state index contributed by atoms with van der Waals surface area (Å²) < 4.78 is 2.02. The molecule has 3 aromatic rings. The van der Waals surface area contributed by atoms with Gasteiger partial charge in [-0.05, 0) is 21.0 Å². The Hall–Kier alpha value is -2.06. The van der Waals surface area contributed by atoms with Gasteiger partial charge < -0.3 is 14.8 Å². The summed E-state index contributed by atoms with van der Waals surface area (Å²) in [7, 11) is 2.40. The second kappa shape index (κ2) is 4.90. The Kier molecular flexibility index (Phi) is 3.10. The molecule has 0 saturated heterocycles. The SMILES string of the molecule is Oc1cn(Cc2ccccc2)c2ccnc(NP)c12. The lowest BCUT2D eigenvalue weighted by molar-refractivity contribution is 0.479. The standard InChI is InChI=1S/C14H14N3OP/c18-12-9-17(8-10-4-2-1-3-5-10)11-6-7-15-14(16-19)13(11)12/h1-7,9,18H,8,19H2,(H,15,16). The monoisotopic (exact) mass is 271 g/mol. The van der Waals surface area contributed by atoms with Crippen LogP contribution in [0, 0.1) is 0 Å². The Morgan fingerprint density at radius 3 is 2.74 bits per heavy atom. The van der Waals surface area contributed by atoms with E-state index in [0.29, 0.717) is 5.82 Å². The number of anilines is 1. The van der Waals surface area contributed by atoms with Crippen LogP contribution in [-0.4, -0.2) is 14.7 Å². The van der Waals surface area contributed by atoms with Crippen molar-refractivity contribution in [2.24, 2.45) is 0 Å². The minimum absolute atomic E-state index is 0.240. The lowest BCUT2D eigenvalue weighted by atomic mass is 10.2. The van der Waals surface area contributed by atoms with Crippen LogP contribution in [0.3, 0.4) is 0 Å². The van der Waals surface area contributed by atoms with Crippen LogP contribution in [-0.2, 0) is 6.54 Å². The quantitative estimate of drug-likeness (QED) is 0.720. The molecule has 2 heterocycles. The number of nitrogens with zero attached hydrogens (tertiary/aromatic N) is 2. The van der Waals surface area contributed by atoms with Crippen LogP contribution in [0.2, 0.25) is 0 Å². The second-order valence-electron chi connectivity index (χ2n) is 4.33. The van der Waals surface area contributed by atoms with Gasteiger partial charge in [-0.1, -0.05) is 30.3 Å². The van der Waals surface area contributed by atoms with Crippen molar-refractivity contribution in [3.63, 3.8) is 0 Å². The molecule has 0 fully saturated rings. The number of rotatable bonds is 3. The van der Waals surface area contributed by atoms with E-state index in [1.807, 2.05) is 28.8 Å². The lowest BCUT2D eigenvalue weighted by Gasteiger charge is -2.06. The average Bonchev–Trinajstić information content (AvgIpc) is 2.77. The van der Waals surface area contributed by atoms with Crippen LogP contribution in [0.25, 0.3) is 10.9 Å². The number of hydrogen-bond donors (Lipinski definition) is 2. The van der Waals surface area contributed by atoms with Gasteiger partial charge in [-0.2, -0.15) is 0 Å². The molecule has 0 amide bonds. The van der Waals surface area contributed by atoms with Gasteiger partial charge in [0.25, 0.3) is 0 Å². The maximum absolute atomic E-state index is 10.1. The van der Waals surface area contributed by atoms with E-state index in [2.05, 4.69) is 31.6 Å². The predicted octanol–water partition coefficient (Wildman–Crippen LogP) is 2.99. The van der Waals surface area contributed by atoms with Gasteiger partial charge in [-0.15, -0.1) is 0 Å². The molecule has 2 N–H and O–H groups in total. The van der Waals surface area contributed by atoms with Crippen LogP contribution in [0.15, 0.2) is 48.8 Å². The molecule has 4 nitrogen and oxygen atoms in total. The highest BCUT2D eigenvalue weighted by atomic mass is 31.0.